The molecule has 2 fully saturated rings. The highest BCUT2D eigenvalue weighted by atomic mass is 16.2. The Kier molecular flexibility index (Phi) is 5.97. The lowest BCUT2D eigenvalue weighted by atomic mass is 9.78. The third-order valence-corrected chi connectivity index (χ3v) is 5.74. The van der Waals surface area contributed by atoms with Gasteiger partial charge in [-0.2, -0.15) is 0 Å². The third-order valence-electron chi connectivity index (χ3n) is 5.74. The van der Waals surface area contributed by atoms with E-state index in [1.165, 1.54) is 11.1 Å². The van der Waals surface area contributed by atoms with Crippen molar-refractivity contribution in [3.05, 3.63) is 35.4 Å². The molecule has 2 aliphatic heterocycles. The van der Waals surface area contributed by atoms with Gasteiger partial charge in [-0.15, -0.1) is 0 Å². The minimum Gasteiger partial charge on any atom is -0.356 e. The Morgan fingerprint density at radius 3 is 2.88 bits per heavy atom. The Morgan fingerprint density at radius 2 is 2.12 bits per heavy atom. The van der Waals surface area contributed by atoms with Crippen LogP contribution in [-0.4, -0.2) is 54.3 Å². The van der Waals surface area contributed by atoms with Gasteiger partial charge in [0.05, 0.1) is 5.41 Å². The van der Waals surface area contributed by atoms with Gasteiger partial charge in [-0.1, -0.05) is 29.8 Å². The molecule has 1 atom stereocenters. The summed E-state index contributed by atoms with van der Waals surface area (Å²) >= 11 is 0. The predicted octanol–water partition coefficient (Wildman–Crippen LogP) is 2.34. The molecule has 2 amide bonds. The van der Waals surface area contributed by atoms with Crippen LogP contribution in [0.4, 0.5) is 0 Å². The van der Waals surface area contributed by atoms with Crippen LogP contribution in [0.25, 0.3) is 0 Å². The number of carbonyl (C=O) groups excluding carboxylic acids is 2. The molecule has 0 saturated carbocycles. The highest BCUT2D eigenvalue weighted by Gasteiger charge is 2.48. The maximum absolute atomic E-state index is 13.2. The summed E-state index contributed by atoms with van der Waals surface area (Å²) in [6.07, 6.45) is 3.49. The first-order valence-electron chi connectivity index (χ1n) is 9.86. The van der Waals surface area contributed by atoms with E-state index in [1.807, 2.05) is 11.8 Å². The fourth-order valence-electron chi connectivity index (χ4n) is 4.41. The number of carbonyl (C=O) groups is 2. The summed E-state index contributed by atoms with van der Waals surface area (Å²) in [5, 5.41) is 2.85. The molecule has 0 aliphatic carbocycles. The second-order valence-electron chi connectivity index (χ2n) is 7.83. The predicted molar refractivity (Wildman–Crippen MR) is 103 cm³/mol. The quantitative estimate of drug-likeness (QED) is 0.850. The molecule has 1 unspecified atom stereocenters. The monoisotopic (exact) mass is 357 g/mol. The van der Waals surface area contributed by atoms with Gasteiger partial charge in [-0.05, 0) is 45.2 Å². The number of amides is 2. The second-order valence-corrected chi connectivity index (χ2v) is 7.83. The van der Waals surface area contributed by atoms with E-state index < -0.39 is 0 Å². The number of hydrogen-bond acceptors (Lipinski definition) is 3. The zero-order valence-electron chi connectivity index (χ0n) is 16.1. The Labute approximate surface area is 156 Å². The average Bonchev–Trinajstić information content (AvgIpc) is 3.02. The number of piperidine rings is 1. The molecule has 142 valence electrons. The number of nitrogens with zero attached hydrogens (tertiary/aromatic N) is 2. The van der Waals surface area contributed by atoms with Gasteiger partial charge < -0.3 is 15.1 Å². The summed E-state index contributed by atoms with van der Waals surface area (Å²) in [5.74, 6) is 0.412. The Balaban J connectivity index is 1.59. The lowest BCUT2D eigenvalue weighted by molar-refractivity contribution is -0.146. The molecule has 0 aromatic heterocycles. The molecular weight excluding hydrogens is 326 g/mol. The van der Waals surface area contributed by atoms with Crippen molar-refractivity contribution in [2.75, 3.05) is 32.7 Å². The first kappa shape index (κ1) is 18.9. The minimum atomic E-state index is -0.233. The van der Waals surface area contributed by atoms with Crippen LogP contribution in [-0.2, 0) is 16.1 Å². The highest BCUT2D eigenvalue weighted by Crippen LogP contribution is 2.40. The van der Waals surface area contributed by atoms with Gasteiger partial charge in [-0.3, -0.25) is 9.59 Å². The minimum absolute atomic E-state index is 0.101. The molecule has 0 bridgehead atoms. The molecule has 1 spiro atoms. The molecule has 2 heterocycles. The van der Waals surface area contributed by atoms with Crippen molar-refractivity contribution in [1.82, 2.24) is 15.1 Å². The number of rotatable bonds is 6. The Morgan fingerprint density at radius 1 is 1.27 bits per heavy atom. The van der Waals surface area contributed by atoms with Gasteiger partial charge >= 0.3 is 0 Å². The molecule has 1 aromatic rings. The van der Waals surface area contributed by atoms with Crippen molar-refractivity contribution >= 4 is 11.8 Å². The smallest absolute Gasteiger partial charge is 0.230 e. The summed E-state index contributed by atoms with van der Waals surface area (Å²) in [7, 11) is 0. The maximum atomic E-state index is 13.2. The standard InChI is InChI=1S/C21H31N3O2/c1-3-22-19(25)8-12-23-13-10-21(16-23)9-5-11-24(20(21)26)15-18-7-4-6-17(2)14-18/h4,6-7,14H,3,5,8-13,15-16H2,1-2H3,(H,22,25). The summed E-state index contributed by atoms with van der Waals surface area (Å²) in [6.45, 7) is 8.74. The van der Waals surface area contributed by atoms with Crippen LogP contribution in [0, 0.1) is 12.3 Å². The summed E-state index contributed by atoms with van der Waals surface area (Å²) in [6, 6.07) is 8.43. The van der Waals surface area contributed by atoms with Crippen LogP contribution in [0.5, 0.6) is 0 Å². The Hall–Kier alpha value is -1.88. The number of likely N-dealkylation sites (tertiary alicyclic amines) is 2. The maximum Gasteiger partial charge on any atom is 0.230 e. The van der Waals surface area contributed by atoms with Crippen LogP contribution in [0.2, 0.25) is 0 Å². The van der Waals surface area contributed by atoms with Crippen molar-refractivity contribution in [2.45, 2.75) is 46.1 Å². The molecule has 0 radical (unpaired) electrons. The zero-order chi connectivity index (χ0) is 18.6. The molecule has 1 aromatic carbocycles. The SMILES string of the molecule is CCNC(=O)CCN1CCC2(CCCN(Cc3cccc(C)c3)C2=O)C1. The summed E-state index contributed by atoms with van der Waals surface area (Å²) < 4.78 is 0. The van der Waals surface area contributed by atoms with Crippen LogP contribution in [0.3, 0.4) is 0 Å². The molecular formula is C21H31N3O2. The average molecular weight is 357 g/mol. The fourth-order valence-corrected chi connectivity index (χ4v) is 4.41. The molecule has 5 nitrogen and oxygen atoms in total. The molecule has 5 heteroatoms. The Bertz CT molecular complexity index is 660. The van der Waals surface area contributed by atoms with Gasteiger partial charge in [0.25, 0.3) is 0 Å². The lowest BCUT2D eigenvalue weighted by Gasteiger charge is -2.39. The summed E-state index contributed by atoms with van der Waals surface area (Å²) in [5.41, 5.74) is 2.21. The molecule has 2 saturated heterocycles. The van der Waals surface area contributed by atoms with Crippen LogP contribution >= 0.6 is 0 Å². The van der Waals surface area contributed by atoms with Crippen LogP contribution in [0.15, 0.2) is 24.3 Å². The van der Waals surface area contributed by atoms with E-state index in [-0.39, 0.29) is 11.3 Å². The van der Waals surface area contributed by atoms with Gasteiger partial charge in [-0.25, -0.2) is 0 Å². The molecule has 2 aliphatic rings. The van der Waals surface area contributed by atoms with Crippen molar-refractivity contribution in [3.8, 4) is 0 Å². The largest absolute Gasteiger partial charge is 0.356 e. The van der Waals surface area contributed by atoms with Gasteiger partial charge in [0.2, 0.25) is 11.8 Å². The normalized spacial score (nSPS) is 23.6. The second kappa shape index (κ2) is 8.21. The van der Waals surface area contributed by atoms with E-state index in [2.05, 4.69) is 41.4 Å². The van der Waals surface area contributed by atoms with E-state index in [0.717, 1.165) is 45.4 Å². The first-order chi connectivity index (χ1) is 12.5. The van der Waals surface area contributed by atoms with E-state index in [1.54, 1.807) is 0 Å². The number of nitrogens with one attached hydrogen (secondary N) is 1. The van der Waals surface area contributed by atoms with Crippen molar-refractivity contribution in [2.24, 2.45) is 5.41 Å². The van der Waals surface area contributed by atoms with Crippen molar-refractivity contribution in [1.29, 1.82) is 0 Å². The van der Waals surface area contributed by atoms with Gasteiger partial charge in [0.1, 0.15) is 0 Å². The third kappa shape index (κ3) is 4.26. The fraction of sp³-hybridized carbons (Fsp3) is 0.619. The van der Waals surface area contributed by atoms with Gasteiger partial charge in [0.15, 0.2) is 0 Å². The lowest BCUT2D eigenvalue weighted by Crippen LogP contribution is -2.49. The number of benzene rings is 1. The number of aryl methyl sites for hydroxylation is 1. The first-order valence-corrected chi connectivity index (χ1v) is 9.86. The zero-order valence-corrected chi connectivity index (χ0v) is 16.1. The topological polar surface area (TPSA) is 52.7 Å². The van der Waals surface area contributed by atoms with E-state index in [0.29, 0.717) is 25.4 Å². The summed E-state index contributed by atoms with van der Waals surface area (Å²) in [4.78, 5) is 29.3. The van der Waals surface area contributed by atoms with Crippen LogP contribution < -0.4 is 5.32 Å². The van der Waals surface area contributed by atoms with Crippen LogP contribution in [0.1, 0.15) is 43.7 Å². The van der Waals surface area contributed by atoms with E-state index in [4.69, 9.17) is 0 Å². The number of hydrogen-bond donors (Lipinski definition) is 1. The van der Waals surface area contributed by atoms with Crippen molar-refractivity contribution < 1.29 is 9.59 Å². The van der Waals surface area contributed by atoms with E-state index >= 15 is 0 Å². The molecule has 26 heavy (non-hydrogen) atoms. The molecule has 3 rings (SSSR count). The highest BCUT2D eigenvalue weighted by molar-refractivity contribution is 5.84. The van der Waals surface area contributed by atoms with Crippen molar-refractivity contribution in [3.63, 3.8) is 0 Å². The van der Waals surface area contributed by atoms with E-state index in [9.17, 15) is 9.59 Å². The molecule has 1 N–H and O–H groups in total. The van der Waals surface area contributed by atoms with Gasteiger partial charge in [0, 0.05) is 39.1 Å².